The van der Waals surface area contributed by atoms with E-state index >= 15 is 0 Å². The topological polar surface area (TPSA) is 46.6 Å². The molecule has 4 heteroatoms. The van der Waals surface area contributed by atoms with Crippen LogP contribution in [0.5, 0.6) is 0 Å². The smallest absolute Gasteiger partial charge is 0.330 e. The van der Waals surface area contributed by atoms with Crippen LogP contribution in [0.2, 0.25) is 0 Å². The molecule has 1 aromatic rings. The summed E-state index contributed by atoms with van der Waals surface area (Å²) in [5.41, 5.74) is 1.72. The fourth-order valence-electron chi connectivity index (χ4n) is 2.28. The van der Waals surface area contributed by atoms with Crippen molar-refractivity contribution in [3.8, 4) is 0 Å². The maximum Gasteiger partial charge on any atom is 0.330 e. The summed E-state index contributed by atoms with van der Waals surface area (Å²) in [5, 5.41) is 0. The zero-order valence-electron chi connectivity index (χ0n) is 11.7. The average Bonchev–Trinajstić information content (AvgIpc) is 2.46. The third-order valence-corrected chi connectivity index (χ3v) is 3.24. The number of nitrogens with zero attached hydrogens (tertiary/aromatic N) is 1. The Hall–Kier alpha value is -2.10. The van der Waals surface area contributed by atoms with Crippen molar-refractivity contribution in [3.63, 3.8) is 0 Å². The Morgan fingerprint density at radius 2 is 2.15 bits per heavy atom. The van der Waals surface area contributed by atoms with Gasteiger partial charge in [0.15, 0.2) is 0 Å². The van der Waals surface area contributed by atoms with Crippen LogP contribution in [-0.4, -0.2) is 25.0 Å². The highest BCUT2D eigenvalue weighted by Gasteiger charge is 2.20. The van der Waals surface area contributed by atoms with E-state index < -0.39 is 0 Å². The van der Waals surface area contributed by atoms with Crippen molar-refractivity contribution in [2.24, 2.45) is 0 Å². The lowest BCUT2D eigenvalue weighted by Gasteiger charge is -2.28. The number of piperidine rings is 1. The molecule has 0 atom stereocenters. The van der Waals surface area contributed by atoms with Gasteiger partial charge in [0, 0.05) is 19.0 Å². The van der Waals surface area contributed by atoms with Gasteiger partial charge >= 0.3 is 5.97 Å². The standard InChI is InChI=1S/C16H19NO3/c1-2-20-16(19)11-10-13-7-3-4-8-14(13)17-12-6-5-9-15(17)18/h3-4,7-8,10-11H,2,5-6,9,12H2,1H3/b11-10+. The van der Waals surface area contributed by atoms with E-state index in [2.05, 4.69) is 0 Å². The molecule has 20 heavy (non-hydrogen) atoms. The molecule has 0 aliphatic carbocycles. The Balaban J connectivity index is 2.21. The molecule has 1 aliphatic heterocycles. The number of hydrogen-bond donors (Lipinski definition) is 0. The summed E-state index contributed by atoms with van der Waals surface area (Å²) in [4.78, 5) is 25.2. The molecular weight excluding hydrogens is 254 g/mol. The van der Waals surface area contributed by atoms with E-state index in [-0.39, 0.29) is 11.9 Å². The van der Waals surface area contributed by atoms with Crippen molar-refractivity contribution in [1.82, 2.24) is 0 Å². The van der Waals surface area contributed by atoms with Gasteiger partial charge in [-0.15, -0.1) is 0 Å². The van der Waals surface area contributed by atoms with E-state index in [9.17, 15) is 9.59 Å². The van der Waals surface area contributed by atoms with Crippen LogP contribution in [0.4, 0.5) is 5.69 Å². The molecule has 1 aromatic carbocycles. The molecular formula is C16H19NO3. The number of rotatable bonds is 4. The first-order chi connectivity index (χ1) is 9.72. The van der Waals surface area contributed by atoms with Crippen molar-refractivity contribution in [2.45, 2.75) is 26.2 Å². The number of hydrogen-bond acceptors (Lipinski definition) is 3. The number of ether oxygens (including phenoxy) is 1. The quantitative estimate of drug-likeness (QED) is 0.626. The first kappa shape index (κ1) is 14.3. The molecule has 0 unspecified atom stereocenters. The predicted molar refractivity (Wildman–Crippen MR) is 78.3 cm³/mol. The van der Waals surface area contributed by atoms with Gasteiger partial charge in [-0.2, -0.15) is 0 Å². The van der Waals surface area contributed by atoms with E-state index in [1.807, 2.05) is 24.3 Å². The molecule has 2 rings (SSSR count). The van der Waals surface area contributed by atoms with E-state index in [0.29, 0.717) is 13.0 Å². The van der Waals surface area contributed by atoms with Crippen LogP contribution < -0.4 is 4.90 Å². The highest BCUT2D eigenvalue weighted by molar-refractivity contribution is 5.97. The minimum atomic E-state index is -0.368. The molecule has 1 amide bonds. The summed E-state index contributed by atoms with van der Waals surface area (Å²) in [6.45, 7) is 2.87. The summed E-state index contributed by atoms with van der Waals surface area (Å²) in [7, 11) is 0. The van der Waals surface area contributed by atoms with Gasteiger partial charge < -0.3 is 9.64 Å². The van der Waals surface area contributed by atoms with Gasteiger partial charge in [-0.1, -0.05) is 18.2 Å². The monoisotopic (exact) mass is 273 g/mol. The molecule has 1 aliphatic rings. The fraction of sp³-hybridized carbons (Fsp3) is 0.375. The molecule has 0 saturated carbocycles. The van der Waals surface area contributed by atoms with Crippen LogP contribution in [0.1, 0.15) is 31.7 Å². The third-order valence-electron chi connectivity index (χ3n) is 3.24. The number of amides is 1. The van der Waals surface area contributed by atoms with Crippen LogP contribution >= 0.6 is 0 Å². The Morgan fingerprint density at radius 1 is 1.35 bits per heavy atom. The zero-order chi connectivity index (χ0) is 14.4. The number of carbonyl (C=O) groups excluding carboxylic acids is 2. The van der Waals surface area contributed by atoms with Crippen LogP contribution in [0.15, 0.2) is 30.3 Å². The molecule has 1 saturated heterocycles. The average molecular weight is 273 g/mol. The third kappa shape index (κ3) is 3.47. The lowest BCUT2D eigenvalue weighted by molar-refractivity contribution is -0.137. The largest absolute Gasteiger partial charge is 0.463 e. The van der Waals surface area contributed by atoms with Gasteiger partial charge in [-0.3, -0.25) is 4.79 Å². The molecule has 106 valence electrons. The highest BCUT2D eigenvalue weighted by Crippen LogP contribution is 2.25. The van der Waals surface area contributed by atoms with Crippen molar-refractivity contribution in [1.29, 1.82) is 0 Å². The lowest BCUT2D eigenvalue weighted by Crippen LogP contribution is -2.35. The molecule has 0 radical (unpaired) electrons. The van der Waals surface area contributed by atoms with E-state index in [0.717, 1.165) is 30.6 Å². The number of anilines is 1. The summed E-state index contributed by atoms with van der Waals surface area (Å²) in [6, 6.07) is 7.60. The van der Waals surface area contributed by atoms with Gasteiger partial charge in [0.05, 0.1) is 12.3 Å². The van der Waals surface area contributed by atoms with Crippen molar-refractivity contribution in [2.75, 3.05) is 18.1 Å². The van der Waals surface area contributed by atoms with Crippen molar-refractivity contribution < 1.29 is 14.3 Å². The Kier molecular flexibility index (Phi) is 4.93. The van der Waals surface area contributed by atoms with Gasteiger partial charge in [0.2, 0.25) is 5.91 Å². The van der Waals surface area contributed by atoms with E-state index in [4.69, 9.17) is 4.74 Å². The van der Waals surface area contributed by atoms with Gasteiger partial charge in [0.25, 0.3) is 0 Å². The van der Waals surface area contributed by atoms with E-state index in [1.165, 1.54) is 6.08 Å². The van der Waals surface area contributed by atoms with Crippen molar-refractivity contribution in [3.05, 3.63) is 35.9 Å². The van der Waals surface area contributed by atoms with Crippen LogP contribution in [-0.2, 0) is 14.3 Å². The molecule has 1 heterocycles. The Bertz CT molecular complexity index is 522. The normalized spacial score (nSPS) is 15.7. The van der Waals surface area contributed by atoms with Gasteiger partial charge in [-0.25, -0.2) is 4.79 Å². The second-order valence-electron chi connectivity index (χ2n) is 4.65. The fourth-order valence-corrected chi connectivity index (χ4v) is 2.28. The summed E-state index contributed by atoms with van der Waals surface area (Å²) < 4.78 is 4.86. The molecule has 0 bridgehead atoms. The first-order valence-electron chi connectivity index (χ1n) is 6.96. The SMILES string of the molecule is CCOC(=O)/C=C/c1ccccc1N1CCCCC1=O. The number of carbonyl (C=O) groups is 2. The molecule has 4 nitrogen and oxygen atoms in total. The Morgan fingerprint density at radius 3 is 2.90 bits per heavy atom. The van der Waals surface area contributed by atoms with Gasteiger partial charge in [0.1, 0.15) is 0 Å². The molecule has 0 aromatic heterocycles. The zero-order valence-corrected chi connectivity index (χ0v) is 11.7. The molecule has 1 fully saturated rings. The summed E-state index contributed by atoms with van der Waals surface area (Å²) in [6.07, 6.45) is 5.67. The van der Waals surface area contributed by atoms with Crippen LogP contribution in [0.25, 0.3) is 6.08 Å². The van der Waals surface area contributed by atoms with E-state index in [1.54, 1.807) is 17.9 Å². The van der Waals surface area contributed by atoms with Gasteiger partial charge in [-0.05, 0) is 37.5 Å². The molecule has 0 N–H and O–H groups in total. The minimum Gasteiger partial charge on any atom is -0.463 e. The number of para-hydroxylation sites is 1. The predicted octanol–water partition coefficient (Wildman–Crippen LogP) is 2.78. The minimum absolute atomic E-state index is 0.147. The highest BCUT2D eigenvalue weighted by atomic mass is 16.5. The number of esters is 1. The number of benzene rings is 1. The van der Waals surface area contributed by atoms with Crippen LogP contribution in [0.3, 0.4) is 0 Å². The summed E-state index contributed by atoms with van der Waals surface area (Å²) in [5.74, 6) is -0.222. The first-order valence-corrected chi connectivity index (χ1v) is 6.96. The second kappa shape index (κ2) is 6.89. The second-order valence-corrected chi connectivity index (χ2v) is 4.65. The maximum absolute atomic E-state index is 12.0. The van der Waals surface area contributed by atoms with Crippen LogP contribution in [0, 0.1) is 0 Å². The Labute approximate surface area is 119 Å². The lowest BCUT2D eigenvalue weighted by atomic mass is 10.1. The summed E-state index contributed by atoms with van der Waals surface area (Å²) >= 11 is 0. The maximum atomic E-state index is 12.0. The molecule has 0 spiro atoms. The van der Waals surface area contributed by atoms with Crippen molar-refractivity contribution >= 4 is 23.6 Å².